The van der Waals surface area contributed by atoms with Gasteiger partial charge >= 0.3 is 0 Å². The van der Waals surface area contributed by atoms with Crippen molar-refractivity contribution in [2.45, 2.75) is 43.9 Å². The van der Waals surface area contributed by atoms with Gasteiger partial charge in [-0.15, -0.1) is 0 Å². The third-order valence-corrected chi connectivity index (χ3v) is 7.38. The van der Waals surface area contributed by atoms with Crippen molar-refractivity contribution in [2.75, 3.05) is 25.9 Å². The van der Waals surface area contributed by atoms with Gasteiger partial charge in [-0.25, -0.2) is 18.4 Å². The van der Waals surface area contributed by atoms with E-state index in [1.165, 1.54) is 0 Å². The highest BCUT2D eigenvalue weighted by Gasteiger charge is 2.27. The zero-order chi connectivity index (χ0) is 22.6. The third-order valence-electron chi connectivity index (χ3n) is 5.65. The highest BCUT2D eigenvalue weighted by atomic mass is 32.2. The Hall–Kier alpha value is -2.81. The molecule has 1 aliphatic heterocycles. The Labute approximate surface area is 183 Å². The summed E-state index contributed by atoms with van der Waals surface area (Å²) in [5.74, 6) is 0.223. The second kappa shape index (κ2) is 9.55. The van der Waals surface area contributed by atoms with Crippen LogP contribution in [-0.4, -0.2) is 61.0 Å². The van der Waals surface area contributed by atoms with E-state index in [1.54, 1.807) is 49.3 Å². The van der Waals surface area contributed by atoms with Gasteiger partial charge in [0.1, 0.15) is 5.82 Å². The van der Waals surface area contributed by atoms with E-state index in [-0.39, 0.29) is 34.8 Å². The quantitative estimate of drug-likeness (QED) is 0.730. The number of amides is 2. The van der Waals surface area contributed by atoms with Crippen molar-refractivity contribution in [3.63, 3.8) is 0 Å². The van der Waals surface area contributed by atoms with Crippen molar-refractivity contribution < 1.29 is 18.0 Å². The number of piperidine rings is 1. The van der Waals surface area contributed by atoms with Crippen LogP contribution in [0.2, 0.25) is 0 Å². The maximum Gasteiger partial charge on any atom is 0.254 e. The van der Waals surface area contributed by atoms with Crippen LogP contribution < -0.4 is 5.32 Å². The molecule has 0 bridgehead atoms. The Bertz CT molecular complexity index is 1060. The van der Waals surface area contributed by atoms with Crippen molar-refractivity contribution in [1.29, 1.82) is 0 Å². The monoisotopic (exact) mass is 444 g/mol. The van der Waals surface area contributed by atoms with Gasteiger partial charge in [-0.2, -0.15) is 0 Å². The number of carbonyl (C=O) groups is 2. The molecule has 1 N–H and O–H groups in total. The molecule has 9 heteroatoms. The summed E-state index contributed by atoms with van der Waals surface area (Å²) in [4.78, 5) is 35.2. The summed E-state index contributed by atoms with van der Waals surface area (Å²) in [6, 6.07) is 6.67. The molecule has 0 atom stereocenters. The average Bonchev–Trinajstić information content (AvgIpc) is 2.77. The molecular weight excluding hydrogens is 416 g/mol. The number of likely N-dealkylation sites (tertiary alicyclic amines) is 1. The van der Waals surface area contributed by atoms with Crippen LogP contribution in [-0.2, 0) is 14.6 Å². The number of rotatable bonds is 6. The minimum Gasteiger partial charge on any atom is -0.355 e. The second-order valence-electron chi connectivity index (χ2n) is 7.84. The number of sulfone groups is 1. The van der Waals surface area contributed by atoms with Crippen LogP contribution in [0.15, 0.2) is 35.4 Å². The molecule has 1 aliphatic rings. The first-order valence-electron chi connectivity index (χ1n) is 10.3. The molecule has 2 amide bonds. The minimum atomic E-state index is -3.48. The molecule has 8 nitrogen and oxygen atoms in total. The Kier molecular flexibility index (Phi) is 7.04. The van der Waals surface area contributed by atoms with Crippen LogP contribution in [0.4, 0.5) is 0 Å². The number of hydrogen-bond donors (Lipinski definition) is 1. The van der Waals surface area contributed by atoms with E-state index in [2.05, 4.69) is 15.3 Å². The summed E-state index contributed by atoms with van der Waals surface area (Å²) < 4.78 is 25.0. The number of nitrogens with one attached hydrogen (secondary N) is 1. The zero-order valence-electron chi connectivity index (χ0n) is 18.1. The van der Waals surface area contributed by atoms with Crippen LogP contribution in [0.5, 0.6) is 0 Å². The number of carbonyl (C=O) groups excluding carboxylic acids is 2. The van der Waals surface area contributed by atoms with Gasteiger partial charge in [0.2, 0.25) is 5.91 Å². The van der Waals surface area contributed by atoms with Gasteiger partial charge in [-0.1, -0.05) is 17.7 Å². The van der Waals surface area contributed by atoms with Gasteiger partial charge in [0.05, 0.1) is 21.9 Å². The van der Waals surface area contributed by atoms with E-state index < -0.39 is 9.84 Å². The molecule has 1 aromatic carbocycles. The van der Waals surface area contributed by atoms with E-state index >= 15 is 0 Å². The van der Waals surface area contributed by atoms with Gasteiger partial charge in [-0.3, -0.25) is 9.59 Å². The fraction of sp³-hybridized carbons (Fsp3) is 0.455. The molecule has 1 fully saturated rings. The van der Waals surface area contributed by atoms with Crippen LogP contribution in [0, 0.1) is 13.8 Å². The van der Waals surface area contributed by atoms with Crippen LogP contribution in [0.1, 0.15) is 52.6 Å². The normalized spacial score (nSPS) is 15.0. The highest BCUT2D eigenvalue weighted by molar-refractivity contribution is 7.91. The average molecular weight is 445 g/mol. The SMILES string of the molecule is CNC(=O)c1cnc(C2CCN(C(=O)CCS(=O)(=O)c3ccc(C)cc3)CC2)nc1C. The maximum atomic E-state index is 12.6. The first kappa shape index (κ1) is 22.9. The number of aromatic nitrogens is 2. The summed E-state index contributed by atoms with van der Waals surface area (Å²) in [7, 11) is -1.92. The predicted octanol–water partition coefficient (Wildman–Crippen LogP) is 2.02. The first-order valence-corrected chi connectivity index (χ1v) is 12.0. The Morgan fingerprint density at radius 3 is 2.35 bits per heavy atom. The second-order valence-corrected chi connectivity index (χ2v) is 9.95. The molecule has 0 aliphatic carbocycles. The molecule has 0 unspecified atom stereocenters. The Morgan fingerprint density at radius 1 is 1.13 bits per heavy atom. The first-order chi connectivity index (χ1) is 14.7. The third kappa shape index (κ3) is 5.46. The van der Waals surface area contributed by atoms with E-state index in [0.717, 1.165) is 5.56 Å². The minimum absolute atomic E-state index is 0.0304. The number of benzene rings is 1. The standard InChI is InChI=1S/C22H28N4O4S/c1-15-4-6-18(7-5-15)31(29,30)13-10-20(27)26-11-8-17(9-12-26)21-24-14-19(16(2)25-21)22(28)23-3/h4-7,14,17H,8-13H2,1-3H3,(H,23,28). The van der Waals surface area contributed by atoms with Crippen LogP contribution >= 0.6 is 0 Å². The van der Waals surface area contributed by atoms with Crippen molar-refractivity contribution in [3.8, 4) is 0 Å². The molecule has 0 spiro atoms. The summed E-state index contributed by atoms with van der Waals surface area (Å²) >= 11 is 0. The van der Waals surface area contributed by atoms with Crippen LogP contribution in [0.3, 0.4) is 0 Å². The molecule has 1 aromatic heterocycles. The molecular formula is C22H28N4O4S. The van der Waals surface area contributed by atoms with E-state index in [1.807, 2.05) is 6.92 Å². The van der Waals surface area contributed by atoms with Gasteiger partial charge in [0, 0.05) is 38.7 Å². The fourth-order valence-corrected chi connectivity index (χ4v) is 4.90. The van der Waals surface area contributed by atoms with Gasteiger partial charge < -0.3 is 10.2 Å². The largest absolute Gasteiger partial charge is 0.355 e. The van der Waals surface area contributed by atoms with Gasteiger partial charge in [0.25, 0.3) is 5.91 Å². The van der Waals surface area contributed by atoms with Crippen molar-refractivity contribution in [2.24, 2.45) is 0 Å². The topological polar surface area (TPSA) is 109 Å². The molecule has 0 radical (unpaired) electrons. The lowest BCUT2D eigenvalue weighted by Crippen LogP contribution is -2.39. The molecule has 2 heterocycles. The molecule has 3 rings (SSSR count). The fourth-order valence-electron chi connectivity index (χ4n) is 3.67. The van der Waals surface area contributed by atoms with Crippen molar-refractivity contribution in [3.05, 3.63) is 53.1 Å². The Morgan fingerprint density at radius 2 is 1.77 bits per heavy atom. The molecule has 2 aromatic rings. The lowest BCUT2D eigenvalue weighted by molar-refractivity contribution is -0.131. The highest BCUT2D eigenvalue weighted by Crippen LogP contribution is 2.26. The van der Waals surface area contributed by atoms with Crippen LogP contribution in [0.25, 0.3) is 0 Å². The maximum absolute atomic E-state index is 12.6. The summed E-state index contributed by atoms with van der Waals surface area (Å²) in [6.45, 7) is 4.75. The number of nitrogens with zero attached hydrogens (tertiary/aromatic N) is 3. The number of aryl methyl sites for hydroxylation is 2. The van der Waals surface area contributed by atoms with Crippen molar-refractivity contribution in [1.82, 2.24) is 20.2 Å². The summed E-state index contributed by atoms with van der Waals surface area (Å²) in [6.07, 6.45) is 2.92. The zero-order valence-corrected chi connectivity index (χ0v) is 18.9. The molecule has 1 saturated heterocycles. The Balaban J connectivity index is 1.54. The van der Waals surface area contributed by atoms with Crippen molar-refractivity contribution >= 4 is 21.7 Å². The summed E-state index contributed by atoms with van der Waals surface area (Å²) in [5.41, 5.74) is 2.07. The lowest BCUT2D eigenvalue weighted by atomic mass is 9.95. The predicted molar refractivity (Wildman–Crippen MR) is 117 cm³/mol. The smallest absolute Gasteiger partial charge is 0.254 e. The van der Waals surface area contributed by atoms with E-state index in [0.29, 0.717) is 43.0 Å². The van der Waals surface area contributed by atoms with E-state index in [9.17, 15) is 18.0 Å². The number of hydrogen-bond acceptors (Lipinski definition) is 6. The van der Waals surface area contributed by atoms with Gasteiger partial charge in [-0.05, 0) is 38.8 Å². The van der Waals surface area contributed by atoms with E-state index in [4.69, 9.17) is 0 Å². The lowest BCUT2D eigenvalue weighted by Gasteiger charge is -2.31. The van der Waals surface area contributed by atoms with Gasteiger partial charge in [0.15, 0.2) is 9.84 Å². The molecule has 31 heavy (non-hydrogen) atoms. The summed E-state index contributed by atoms with van der Waals surface area (Å²) in [5, 5.41) is 2.57. The molecule has 166 valence electrons. The molecule has 0 saturated carbocycles.